The second-order valence-electron chi connectivity index (χ2n) is 9.11. The number of hydrogen-bond donors (Lipinski definition) is 1. The van der Waals surface area contributed by atoms with Gasteiger partial charge in [-0.05, 0) is 67.8 Å². The Bertz CT molecular complexity index is 701. The van der Waals surface area contributed by atoms with Crippen LogP contribution in [0.2, 0.25) is 0 Å². The molecule has 1 aliphatic rings. The van der Waals surface area contributed by atoms with Crippen LogP contribution in [0.4, 0.5) is 0 Å². The van der Waals surface area contributed by atoms with Crippen LogP contribution in [0.15, 0.2) is 48.8 Å². The summed E-state index contributed by atoms with van der Waals surface area (Å²) in [6.45, 7) is 5.04. The Hall–Kier alpha value is -1.71. The molecule has 170 valence electrons. The van der Waals surface area contributed by atoms with Gasteiger partial charge in [0.2, 0.25) is 0 Å². The van der Waals surface area contributed by atoms with Gasteiger partial charge in [-0.2, -0.15) is 0 Å². The molecule has 3 rings (SSSR count). The molecular formula is C28H42N2O. The van der Waals surface area contributed by atoms with Crippen LogP contribution in [0.1, 0.15) is 87.3 Å². The molecule has 0 amide bonds. The van der Waals surface area contributed by atoms with Crippen LogP contribution in [-0.4, -0.2) is 30.8 Å². The van der Waals surface area contributed by atoms with Gasteiger partial charge in [0.1, 0.15) is 0 Å². The molecule has 0 saturated carbocycles. The molecule has 0 spiro atoms. The lowest BCUT2D eigenvalue weighted by molar-refractivity contribution is 0.109. The highest BCUT2D eigenvalue weighted by molar-refractivity contribution is 5.27. The van der Waals surface area contributed by atoms with Crippen molar-refractivity contribution in [3.8, 4) is 0 Å². The summed E-state index contributed by atoms with van der Waals surface area (Å²) in [5, 5.41) is 3.66. The van der Waals surface area contributed by atoms with Gasteiger partial charge >= 0.3 is 0 Å². The van der Waals surface area contributed by atoms with Crippen molar-refractivity contribution in [2.24, 2.45) is 0 Å². The van der Waals surface area contributed by atoms with E-state index >= 15 is 0 Å². The molecule has 2 heterocycles. The zero-order valence-electron chi connectivity index (χ0n) is 19.5. The number of pyridine rings is 1. The smallest absolute Gasteiger partial charge is 0.0625 e. The first-order valence-electron chi connectivity index (χ1n) is 12.7. The summed E-state index contributed by atoms with van der Waals surface area (Å²) in [5.74, 6) is 0.582. The number of aromatic nitrogens is 1. The molecule has 1 aliphatic heterocycles. The van der Waals surface area contributed by atoms with E-state index in [2.05, 4.69) is 47.6 Å². The minimum absolute atomic E-state index is 0.447. The van der Waals surface area contributed by atoms with Crippen molar-refractivity contribution in [2.45, 2.75) is 89.5 Å². The van der Waals surface area contributed by atoms with Gasteiger partial charge in [0, 0.05) is 31.0 Å². The molecule has 1 unspecified atom stereocenters. The fourth-order valence-electron chi connectivity index (χ4n) is 4.67. The number of ether oxygens (including phenoxy) is 1. The molecule has 1 aromatic carbocycles. The van der Waals surface area contributed by atoms with Crippen molar-refractivity contribution in [1.82, 2.24) is 10.3 Å². The predicted octanol–water partition coefficient (Wildman–Crippen LogP) is 6.47. The number of benzene rings is 1. The Labute approximate surface area is 190 Å². The highest BCUT2D eigenvalue weighted by atomic mass is 16.5. The number of hydrogen-bond acceptors (Lipinski definition) is 3. The van der Waals surface area contributed by atoms with E-state index in [1.165, 1.54) is 68.1 Å². The number of nitrogens with one attached hydrogen (secondary N) is 1. The number of rotatable bonds is 15. The summed E-state index contributed by atoms with van der Waals surface area (Å²) >= 11 is 0. The third-order valence-electron chi connectivity index (χ3n) is 6.60. The van der Waals surface area contributed by atoms with E-state index in [4.69, 9.17) is 4.74 Å². The van der Waals surface area contributed by atoms with Crippen molar-refractivity contribution >= 4 is 0 Å². The Morgan fingerprint density at radius 3 is 2.48 bits per heavy atom. The molecule has 1 N–H and O–H groups in total. The number of unbranched alkanes of at least 4 members (excludes halogenated alkanes) is 6. The minimum atomic E-state index is 0.447. The molecule has 0 aliphatic carbocycles. The SMILES string of the molecule is CCCCCCCCc1ccc([C@H]2CCNC2COCCCCc2cccnc2)cc1. The Kier molecular flexibility index (Phi) is 11.1. The summed E-state index contributed by atoms with van der Waals surface area (Å²) < 4.78 is 6.05. The highest BCUT2D eigenvalue weighted by Crippen LogP contribution is 2.28. The zero-order valence-corrected chi connectivity index (χ0v) is 19.5. The van der Waals surface area contributed by atoms with Crippen LogP contribution in [0.25, 0.3) is 0 Å². The Morgan fingerprint density at radius 1 is 0.903 bits per heavy atom. The largest absolute Gasteiger partial charge is 0.380 e. The molecule has 3 nitrogen and oxygen atoms in total. The van der Waals surface area contributed by atoms with Crippen LogP contribution in [0.5, 0.6) is 0 Å². The normalized spacial score (nSPS) is 18.5. The van der Waals surface area contributed by atoms with Crippen LogP contribution < -0.4 is 5.32 Å². The maximum atomic E-state index is 6.05. The van der Waals surface area contributed by atoms with Crippen molar-refractivity contribution in [3.05, 3.63) is 65.5 Å². The average Bonchev–Trinajstić information content (AvgIpc) is 3.28. The van der Waals surface area contributed by atoms with Crippen molar-refractivity contribution in [3.63, 3.8) is 0 Å². The lowest BCUT2D eigenvalue weighted by Gasteiger charge is -2.20. The first-order valence-corrected chi connectivity index (χ1v) is 12.7. The third-order valence-corrected chi connectivity index (χ3v) is 6.60. The van der Waals surface area contributed by atoms with Gasteiger partial charge in [0.25, 0.3) is 0 Å². The maximum absolute atomic E-state index is 6.05. The number of aryl methyl sites for hydroxylation is 2. The van der Waals surface area contributed by atoms with Gasteiger partial charge in [-0.15, -0.1) is 0 Å². The quantitative estimate of drug-likeness (QED) is 0.334. The van der Waals surface area contributed by atoms with Crippen molar-refractivity contribution in [1.29, 1.82) is 0 Å². The van der Waals surface area contributed by atoms with Gasteiger partial charge in [-0.3, -0.25) is 4.98 Å². The Morgan fingerprint density at radius 2 is 1.68 bits per heavy atom. The number of nitrogens with zero attached hydrogens (tertiary/aromatic N) is 1. The molecule has 3 heteroatoms. The summed E-state index contributed by atoms with van der Waals surface area (Å²) in [7, 11) is 0. The Balaban J connectivity index is 1.32. The van der Waals surface area contributed by atoms with E-state index in [1.807, 2.05) is 18.5 Å². The zero-order chi connectivity index (χ0) is 21.6. The lowest BCUT2D eigenvalue weighted by Crippen LogP contribution is -2.31. The second-order valence-corrected chi connectivity index (χ2v) is 9.11. The second kappa shape index (κ2) is 14.4. The first kappa shape index (κ1) is 23.9. The molecule has 31 heavy (non-hydrogen) atoms. The molecule has 1 fully saturated rings. The summed E-state index contributed by atoms with van der Waals surface area (Å²) in [6.07, 6.45) is 17.8. The van der Waals surface area contributed by atoms with Gasteiger partial charge in [-0.25, -0.2) is 0 Å². The standard InChI is InChI=1S/C28H42N2O/c1-2-3-4-5-6-7-11-24-14-16-26(17-15-24)27-18-20-30-28(27)23-31-21-9-8-12-25-13-10-19-29-22-25/h10,13-17,19,22,27-28,30H,2-9,11-12,18,20-21,23H2,1H3/t27-,28?/m1/s1. The summed E-state index contributed by atoms with van der Waals surface area (Å²) in [6, 6.07) is 14.1. The molecule has 1 aromatic heterocycles. The molecule has 2 aromatic rings. The van der Waals surface area contributed by atoms with Crippen molar-refractivity contribution < 1.29 is 4.74 Å². The predicted molar refractivity (Wildman–Crippen MR) is 131 cm³/mol. The van der Waals surface area contributed by atoms with Gasteiger partial charge in [0.05, 0.1) is 6.61 Å². The van der Waals surface area contributed by atoms with Crippen LogP contribution in [-0.2, 0) is 17.6 Å². The first-order chi connectivity index (χ1) is 15.4. The van der Waals surface area contributed by atoms with E-state index in [1.54, 1.807) is 0 Å². The summed E-state index contributed by atoms with van der Waals surface area (Å²) in [5.41, 5.74) is 4.29. The monoisotopic (exact) mass is 422 g/mol. The van der Waals surface area contributed by atoms with Crippen LogP contribution in [0.3, 0.4) is 0 Å². The average molecular weight is 423 g/mol. The molecule has 0 bridgehead atoms. The van der Waals surface area contributed by atoms with E-state index < -0.39 is 0 Å². The third kappa shape index (κ3) is 8.74. The van der Waals surface area contributed by atoms with Gasteiger partial charge < -0.3 is 10.1 Å². The van der Waals surface area contributed by atoms with E-state index in [-0.39, 0.29) is 0 Å². The topological polar surface area (TPSA) is 34.1 Å². The minimum Gasteiger partial charge on any atom is -0.380 e. The molecule has 2 atom stereocenters. The maximum Gasteiger partial charge on any atom is 0.0625 e. The van der Waals surface area contributed by atoms with Crippen LogP contribution >= 0.6 is 0 Å². The summed E-state index contributed by atoms with van der Waals surface area (Å²) in [4.78, 5) is 4.18. The molecular weight excluding hydrogens is 380 g/mol. The van der Waals surface area contributed by atoms with Gasteiger partial charge in [0.15, 0.2) is 0 Å². The van der Waals surface area contributed by atoms with E-state index in [0.29, 0.717) is 12.0 Å². The fraction of sp³-hybridized carbons (Fsp3) is 0.607. The lowest BCUT2D eigenvalue weighted by atomic mass is 9.91. The van der Waals surface area contributed by atoms with Crippen LogP contribution in [0, 0.1) is 0 Å². The fourth-order valence-corrected chi connectivity index (χ4v) is 4.67. The van der Waals surface area contributed by atoms with E-state index in [9.17, 15) is 0 Å². The van der Waals surface area contributed by atoms with Crippen molar-refractivity contribution in [2.75, 3.05) is 19.8 Å². The molecule has 1 saturated heterocycles. The molecule has 0 radical (unpaired) electrons. The van der Waals surface area contributed by atoms with Gasteiger partial charge in [-0.1, -0.05) is 69.4 Å². The van der Waals surface area contributed by atoms with E-state index in [0.717, 1.165) is 39.0 Å². The highest BCUT2D eigenvalue weighted by Gasteiger charge is 2.28.